The zero-order chi connectivity index (χ0) is 16.8. The Labute approximate surface area is 134 Å². The minimum atomic E-state index is -3.24. The molecule has 0 unspecified atom stereocenters. The fourth-order valence-electron chi connectivity index (χ4n) is 3.20. The van der Waals surface area contributed by atoms with Gasteiger partial charge in [0, 0.05) is 0 Å². The van der Waals surface area contributed by atoms with Gasteiger partial charge in [-0.2, -0.15) is 8.78 Å². The van der Waals surface area contributed by atoms with Crippen molar-refractivity contribution in [3.05, 3.63) is 41.5 Å². The topological polar surface area (TPSA) is 9.23 Å². The van der Waals surface area contributed by atoms with Gasteiger partial charge in [0.15, 0.2) is 17.4 Å². The summed E-state index contributed by atoms with van der Waals surface area (Å²) in [6, 6.07) is 2.26. The van der Waals surface area contributed by atoms with E-state index in [0.717, 1.165) is 50.7 Å². The van der Waals surface area contributed by atoms with Crippen LogP contribution >= 0.6 is 0 Å². The first-order valence-corrected chi connectivity index (χ1v) is 8.10. The van der Waals surface area contributed by atoms with E-state index < -0.39 is 24.0 Å². The molecule has 2 rings (SSSR count). The maximum absolute atomic E-state index is 13.8. The quantitative estimate of drug-likeness (QED) is 0.446. The van der Waals surface area contributed by atoms with Crippen LogP contribution in [0.5, 0.6) is 5.75 Å². The fourth-order valence-corrected chi connectivity index (χ4v) is 3.20. The van der Waals surface area contributed by atoms with Crippen LogP contribution < -0.4 is 4.74 Å². The zero-order valence-electron chi connectivity index (χ0n) is 13.2. The van der Waals surface area contributed by atoms with Gasteiger partial charge in [0.05, 0.1) is 0 Å². The van der Waals surface area contributed by atoms with Crippen LogP contribution in [0.25, 0.3) is 0 Å². The van der Waals surface area contributed by atoms with Gasteiger partial charge in [0.1, 0.15) is 0 Å². The first kappa shape index (κ1) is 17.8. The molecule has 0 spiro atoms. The van der Waals surface area contributed by atoms with Crippen LogP contribution in [0.1, 0.15) is 56.9 Å². The number of rotatable bonds is 6. The smallest absolute Gasteiger partial charge is 0.387 e. The van der Waals surface area contributed by atoms with E-state index in [2.05, 4.69) is 23.8 Å². The normalized spacial score (nSPS) is 22.0. The summed E-state index contributed by atoms with van der Waals surface area (Å²) in [7, 11) is 0. The number of alkyl halides is 2. The molecule has 0 bridgehead atoms. The zero-order valence-corrected chi connectivity index (χ0v) is 13.2. The van der Waals surface area contributed by atoms with Crippen LogP contribution in [0.3, 0.4) is 0 Å². The van der Waals surface area contributed by atoms with E-state index in [-0.39, 0.29) is 5.92 Å². The molecule has 1 saturated carbocycles. The Morgan fingerprint density at radius 1 is 1.09 bits per heavy atom. The minimum absolute atomic E-state index is 0.0750. The van der Waals surface area contributed by atoms with Crippen molar-refractivity contribution >= 4 is 0 Å². The lowest BCUT2D eigenvalue weighted by Crippen LogP contribution is -2.14. The van der Waals surface area contributed by atoms with E-state index in [1.54, 1.807) is 0 Å². The molecular weight excluding hydrogens is 308 g/mol. The first-order chi connectivity index (χ1) is 11.0. The summed E-state index contributed by atoms with van der Waals surface area (Å²) in [5, 5.41) is 0. The summed E-state index contributed by atoms with van der Waals surface area (Å²) >= 11 is 0. The molecule has 23 heavy (non-hydrogen) atoms. The monoisotopic (exact) mass is 330 g/mol. The number of hydrogen-bond acceptors (Lipinski definition) is 1. The number of hydrogen-bond donors (Lipinski definition) is 0. The molecule has 1 fully saturated rings. The van der Waals surface area contributed by atoms with Gasteiger partial charge < -0.3 is 4.74 Å². The molecule has 0 aromatic heterocycles. The summed E-state index contributed by atoms with van der Waals surface area (Å²) in [4.78, 5) is 0. The predicted molar refractivity (Wildman–Crippen MR) is 81.7 cm³/mol. The average Bonchev–Trinajstić information content (AvgIpc) is 2.51. The van der Waals surface area contributed by atoms with Gasteiger partial charge >= 0.3 is 6.61 Å². The summed E-state index contributed by atoms with van der Waals surface area (Å²) in [5.41, 5.74) is 0.532. The van der Waals surface area contributed by atoms with Crippen molar-refractivity contribution in [1.29, 1.82) is 0 Å². The molecule has 0 saturated heterocycles. The Balaban J connectivity index is 1.99. The summed E-state index contributed by atoms with van der Waals surface area (Å²) in [6.07, 6.45) is 10.2. The van der Waals surface area contributed by atoms with Gasteiger partial charge in [-0.25, -0.2) is 8.78 Å². The van der Waals surface area contributed by atoms with Gasteiger partial charge in [-0.3, -0.25) is 0 Å². The van der Waals surface area contributed by atoms with E-state index in [4.69, 9.17) is 0 Å². The Morgan fingerprint density at radius 2 is 1.70 bits per heavy atom. The lowest BCUT2D eigenvalue weighted by molar-refractivity contribution is -0.0546. The molecule has 0 amide bonds. The van der Waals surface area contributed by atoms with E-state index >= 15 is 0 Å². The number of ether oxygens (including phenoxy) is 1. The van der Waals surface area contributed by atoms with Crippen LogP contribution in [0.4, 0.5) is 17.6 Å². The maximum Gasteiger partial charge on any atom is 0.387 e. The second-order valence-corrected chi connectivity index (χ2v) is 6.03. The standard InChI is InChI=1S/C18H22F4O/c1-2-3-4-5-12-6-8-13(9-7-12)14-10-15(19)17(16(20)11-14)23-18(21)22/h3-4,10-13,18H,2,5-9H2,1H3/b4-3+. The highest BCUT2D eigenvalue weighted by atomic mass is 19.3. The van der Waals surface area contributed by atoms with Crippen LogP contribution in [-0.2, 0) is 0 Å². The minimum Gasteiger partial charge on any atom is -0.429 e. The van der Waals surface area contributed by atoms with Crippen LogP contribution in [0.15, 0.2) is 24.3 Å². The molecular formula is C18H22F4O. The van der Waals surface area contributed by atoms with Gasteiger partial charge in [-0.15, -0.1) is 0 Å². The second-order valence-electron chi connectivity index (χ2n) is 6.03. The summed E-state index contributed by atoms with van der Waals surface area (Å²) in [6.45, 7) is -1.14. The third-order valence-corrected chi connectivity index (χ3v) is 4.42. The molecule has 128 valence electrons. The van der Waals surface area contributed by atoms with Crippen LogP contribution in [0, 0.1) is 17.6 Å². The van der Waals surface area contributed by atoms with Crippen LogP contribution in [-0.4, -0.2) is 6.61 Å². The van der Waals surface area contributed by atoms with Gasteiger partial charge in [-0.05, 0) is 68.1 Å². The Kier molecular flexibility index (Phi) is 6.48. The summed E-state index contributed by atoms with van der Waals surface area (Å²) < 4.78 is 55.8. The maximum atomic E-state index is 13.8. The molecule has 0 radical (unpaired) electrons. The first-order valence-electron chi connectivity index (χ1n) is 8.10. The van der Waals surface area contributed by atoms with E-state index in [1.807, 2.05) is 0 Å². The highest BCUT2D eigenvalue weighted by Crippen LogP contribution is 2.39. The van der Waals surface area contributed by atoms with Crippen molar-refractivity contribution in [2.75, 3.05) is 0 Å². The predicted octanol–water partition coefficient (Wildman–Crippen LogP) is 6.20. The highest BCUT2D eigenvalue weighted by Gasteiger charge is 2.24. The molecule has 1 aromatic rings. The molecule has 0 aliphatic heterocycles. The summed E-state index contributed by atoms with van der Waals surface area (Å²) in [5.74, 6) is -2.43. The molecule has 0 atom stereocenters. The highest BCUT2D eigenvalue weighted by molar-refractivity contribution is 5.33. The van der Waals surface area contributed by atoms with E-state index in [0.29, 0.717) is 11.5 Å². The number of benzene rings is 1. The van der Waals surface area contributed by atoms with Crippen molar-refractivity contribution in [2.45, 2.75) is 58.0 Å². The average molecular weight is 330 g/mol. The van der Waals surface area contributed by atoms with E-state index in [9.17, 15) is 17.6 Å². The van der Waals surface area contributed by atoms with Gasteiger partial charge in [0.25, 0.3) is 0 Å². The van der Waals surface area contributed by atoms with Crippen LogP contribution in [0.2, 0.25) is 0 Å². The molecule has 1 aliphatic carbocycles. The Bertz CT molecular complexity index is 511. The molecule has 0 heterocycles. The van der Waals surface area contributed by atoms with Crippen molar-refractivity contribution in [1.82, 2.24) is 0 Å². The fraction of sp³-hybridized carbons (Fsp3) is 0.556. The van der Waals surface area contributed by atoms with Crippen molar-refractivity contribution < 1.29 is 22.3 Å². The lowest BCUT2D eigenvalue weighted by atomic mass is 9.77. The SMILES string of the molecule is CC/C=C/CC1CCC(c2cc(F)c(OC(F)F)c(F)c2)CC1. The Hall–Kier alpha value is -1.52. The van der Waals surface area contributed by atoms with Crippen molar-refractivity contribution in [3.8, 4) is 5.75 Å². The number of halogens is 4. The van der Waals surface area contributed by atoms with Crippen molar-refractivity contribution in [3.63, 3.8) is 0 Å². The van der Waals surface area contributed by atoms with Crippen molar-refractivity contribution in [2.24, 2.45) is 5.92 Å². The third-order valence-electron chi connectivity index (χ3n) is 4.42. The Morgan fingerprint density at radius 3 is 2.22 bits per heavy atom. The van der Waals surface area contributed by atoms with Gasteiger partial charge in [-0.1, -0.05) is 19.1 Å². The molecule has 0 N–H and O–H groups in total. The molecule has 1 aromatic carbocycles. The molecule has 1 aliphatic rings. The van der Waals surface area contributed by atoms with E-state index in [1.165, 1.54) is 0 Å². The molecule has 5 heteroatoms. The molecule has 1 nitrogen and oxygen atoms in total. The third kappa shape index (κ3) is 4.98. The lowest BCUT2D eigenvalue weighted by Gasteiger charge is -2.28. The van der Waals surface area contributed by atoms with Gasteiger partial charge in [0.2, 0.25) is 0 Å². The number of allylic oxidation sites excluding steroid dienone is 2. The second kappa shape index (κ2) is 8.37. The largest absolute Gasteiger partial charge is 0.429 e.